The summed E-state index contributed by atoms with van der Waals surface area (Å²) in [5.74, 6) is 1.57. The lowest BCUT2D eigenvalue weighted by molar-refractivity contribution is -0.123. The topological polar surface area (TPSA) is 47.6 Å². The van der Waals surface area contributed by atoms with Crippen LogP contribution in [0.15, 0.2) is 42.5 Å². The zero-order chi connectivity index (χ0) is 18.9. The first-order chi connectivity index (χ1) is 12.4. The molecule has 0 aliphatic carbocycles. The van der Waals surface area contributed by atoms with Crippen molar-refractivity contribution in [2.75, 3.05) is 13.2 Å². The van der Waals surface area contributed by atoms with Crippen molar-refractivity contribution >= 4 is 5.91 Å². The van der Waals surface area contributed by atoms with Crippen LogP contribution in [0.5, 0.6) is 11.5 Å². The van der Waals surface area contributed by atoms with Crippen LogP contribution in [0.3, 0.4) is 0 Å². The third-order valence-corrected chi connectivity index (χ3v) is 3.96. The Kier molecular flexibility index (Phi) is 7.52. The molecule has 0 unspecified atom stereocenters. The van der Waals surface area contributed by atoms with Gasteiger partial charge in [0.25, 0.3) is 5.91 Å². The Balaban J connectivity index is 1.66. The molecule has 1 N–H and O–H groups in total. The summed E-state index contributed by atoms with van der Waals surface area (Å²) < 4.78 is 11.2. The van der Waals surface area contributed by atoms with E-state index in [1.165, 1.54) is 5.56 Å². The van der Waals surface area contributed by atoms with Gasteiger partial charge in [0.05, 0.1) is 6.10 Å². The van der Waals surface area contributed by atoms with Crippen molar-refractivity contribution in [3.8, 4) is 11.5 Å². The minimum atomic E-state index is -0.0911. The number of nitrogens with one attached hydrogen (secondary N) is 1. The lowest BCUT2D eigenvalue weighted by Crippen LogP contribution is -2.30. The molecular formula is C22H29NO3. The van der Waals surface area contributed by atoms with Crippen molar-refractivity contribution in [3.63, 3.8) is 0 Å². The molecule has 0 saturated carbocycles. The van der Waals surface area contributed by atoms with E-state index in [4.69, 9.17) is 9.47 Å². The molecule has 0 fully saturated rings. The molecule has 4 nitrogen and oxygen atoms in total. The largest absolute Gasteiger partial charge is 0.491 e. The van der Waals surface area contributed by atoms with Crippen LogP contribution < -0.4 is 14.8 Å². The highest BCUT2D eigenvalue weighted by Crippen LogP contribution is 2.19. The number of carbonyl (C=O) groups is 1. The normalized spacial score (nSPS) is 10.7. The smallest absolute Gasteiger partial charge is 0.257 e. The van der Waals surface area contributed by atoms with Crippen molar-refractivity contribution in [2.24, 2.45) is 0 Å². The van der Waals surface area contributed by atoms with E-state index in [0.29, 0.717) is 6.54 Å². The molecule has 0 bridgehead atoms. The Morgan fingerprint density at radius 1 is 1.08 bits per heavy atom. The van der Waals surface area contributed by atoms with Gasteiger partial charge in [-0.15, -0.1) is 0 Å². The van der Waals surface area contributed by atoms with Crippen LogP contribution in [0.2, 0.25) is 0 Å². The summed E-state index contributed by atoms with van der Waals surface area (Å²) in [5.41, 5.74) is 3.39. The number of ether oxygens (including phenoxy) is 2. The lowest BCUT2D eigenvalue weighted by Gasteiger charge is -2.11. The summed E-state index contributed by atoms with van der Waals surface area (Å²) in [7, 11) is 0. The van der Waals surface area contributed by atoms with E-state index in [2.05, 4.69) is 17.4 Å². The third-order valence-electron chi connectivity index (χ3n) is 3.96. The van der Waals surface area contributed by atoms with Gasteiger partial charge >= 0.3 is 0 Å². The van der Waals surface area contributed by atoms with Crippen LogP contribution in [0, 0.1) is 13.8 Å². The zero-order valence-electron chi connectivity index (χ0n) is 16.2. The van der Waals surface area contributed by atoms with Crippen LogP contribution >= 0.6 is 0 Å². The number of hydrogen-bond acceptors (Lipinski definition) is 3. The summed E-state index contributed by atoms with van der Waals surface area (Å²) in [6, 6.07) is 14.1. The Bertz CT molecular complexity index is 708. The molecule has 140 valence electrons. The SMILES string of the molecule is Cc1ccc(C)c(OCC(=O)NCCCc2ccc(OC(C)C)cc2)c1. The number of amides is 1. The van der Waals surface area contributed by atoms with Gasteiger partial charge in [-0.05, 0) is 75.4 Å². The van der Waals surface area contributed by atoms with Gasteiger partial charge in [0.15, 0.2) is 6.61 Å². The average molecular weight is 355 g/mol. The van der Waals surface area contributed by atoms with E-state index >= 15 is 0 Å². The lowest BCUT2D eigenvalue weighted by atomic mass is 10.1. The zero-order valence-corrected chi connectivity index (χ0v) is 16.2. The van der Waals surface area contributed by atoms with E-state index in [0.717, 1.165) is 35.5 Å². The second-order valence-electron chi connectivity index (χ2n) is 6.82. The summed E-state index contributed by atoms with van der Waals surface area (Å²) >= 11 is 0. The number of rotatable bonds is 9. The van der Waals surface area contributed by atoms with E-state index in [-0.39, 0.29) is 18.6 Å². The Morgan fingerprint density at radius 3 is 2.50 bits per heavy atom. The van der Waals surface area contributed by atoms with Crippen molar-refractivity contribution in [2.45, 2.75) is 46.6 Å². The second kappa shape index (κ2) is 9.85. The fourth-order valence-corrected chi connectivity index (χ4v) is 2.58. The minimum Gasteiger partial charge on any atom is -0.491 e. The monoisotopic (exact) mass is 355 g/mol. The van der Waals surface area contributed by atoms with Gasteiger partial charge in [0, 0.05) is 6.54 Å². The quantitative estimate of drug-likeness (QED) is 0.685. The van der Waals surface area contributed by atoms with E-state index in [1.54, 1.807) is 0 Å². The van der Waals surface area contributed by atoms with Gasteiger partial charge in [0.2, 0.25) is 0 Å². The molecular weight excluding hydrogens is 326 g/mol. The van der Waals surface area contributed by atoms with Crippen LogP contribution in [0.1, 0.15) is 37.0 Å². The van der Waals surface area contributed by atoms with Crippen LogP contribution in [0.4, 0.5) is 0 Å². The van der Waals surface area contributed by atoms with Crippen LogP contribution in [-0.4, -0.2) is 25.2 Å². The van der Waals surface area contributed by atoms with Crippen molar-refractivity contribution < 1.29 is 14.3 Å². The molecule has 0 radical (unpaired) electrons. The number of benzene rings is 2. The van der Waals surface area contributed by atoms with E-state index in [9.17, 15) is 4.79 Å². The highest BCUT2D eigenvalue weighted by atomic mass is 16.5. The first kappa shape index (κ1) is 19.8. The summed E-state index contributed by atoms with van der Waals surface area (Å²) in [4.78, 5) is 11.9. The maximum absolute atomic E-state index is 11.9. The minimum absolute atomic E-state index is 0.0472. The Morgan fingerprint density at radius 2 is 1.81 bits per heavy atom. The highest BCUT2D eigenvalue weighted by Gasteiger charge is 2.05. The van der Waals surface area contributed by atoms with Crippen molar-refractivity contribution in [1.29, 1.82) is 0 Å². The molecule has 0 aliphatic heterocycles. The molecule has 0 aliphatic rings. The van der Waals surface area contributed by atoms with Crippen molar-refractivity contribution in [3.05, 3.63) is 59.2 Å². The van der Waals surface area contributed by atoms with Gasteiger partial charge in [-0.25, -0.2) is 0 Å². The summed E-state index contributed by atoms with van der Waals surface area (Å²) in [5, 5.41) is 2.91. The highest BCUT2D eigenvalue weighted by molar-refractivity contribution is 5.77. The van der Waals surface area contributed by atoms with E-state index in [1.807, 2.05) is 58.0 Å². The van der Waals surface area contributed by atoms with Gasteiger partial charge in [-0.1, -0.05) is 24.3 Å². The Hall–Kier alpha value is -2.49. The van der Waals surface area contributed by atoms with Gasteiger partial charge in [-0.3, -0.25) is 4.79 Å². The molecule has 0 atom stereocenters. The fraction of sp³-hybridized carbons (Fsp3) is 0.409. The molecule has 26 heavy (non-hydrogen) atoms. The van der Waals surface area contributed by atoms with Crippen LogP contribution in [0.25, 0.3) is 0 Å². The maximum atomic E-state index is 11.9. The molecule has 0 spiro atoms. The second-order valence-corrected chi connectivity index (χ2v) is 6.82. The molecule has 4 heteroatoms. The van der Waals surface area contributed by atoms with Gasteiger partial charge in [0.1, 0.15) is 11.5 Å². The van der Waals surface area contributed by atoms with E-state index < -0.39 is 0 Å². The predicted octanol–water partition coefficient (Wildman–Crippen LogP) is 4.22. The summed E-state index contributed by atoms with van der Waals surface area (Å²) in [6.45, 7) is 8.70. The molecule has 2 aromatic rings. The molecule has 0 saturated heterocycles. The van der Waals surface area contributed by atoms with Crippen molar-refractivity contribution in [1.82, 2.24) is 5.32 Å². The maximum Gasteiger partial charge on any atom is 0.257 e. The molecule has 1 amide bonds. The fourth-order valence-electron chi connectivity index (χ4n) is 2.58. The summed E-state index contributed by atoms with van der Waals surface area (Å²) in [6.07, 6.45) is 1.99. The molecule has 0 heterocycles. The predicted molar refractivity (Wildman–Crippen MR) is 105 cm³/mol. The third kappa shape index (κ3) is 6.79. The first-order valence-electron chi connectivity index (χ1n) is 9.16. The Labute approximate surface area is 156 Å². The molecule has 2 rings (SSSR count). The number of hydrogen-bond donors (Lipinski definition) is 1. The number of carbonyl (C=O) groups excluding carboxylic acids is 1. The standard InChI is InChI=1S/C22H29NO3/c1-16(2)26-20-11-9-19(10-12-20)6-5-13-23-22(24)15-25-21-14-17(3)7-8-18(21)4/h7-12,14,16H,5-6,13,15H2,1-4H3,(H,23,24). The molecule has 2 aromatic carbocycles. The average Bonchev–Trinajstić information content (AvgIpc) is 2.60. The first-order valence-corrected chi connectivity index (χ1v) is 9.16. The van der Waals surface area contributed by atoms with Gasteiger partial charge < -0.3 is 14.8 Å². The number of aryl methyl sites for hydroxylation is 3. The van der Waals surface area contributed by atoms with Crippen LogP contribution in [-0.2, 0) is 11.2 Å². The molecule has 0 aromatic heterocycles. The van der Waals surface area contributed by atoms with Gasteiger partial charge in [-0.2, -0.15) is 0 Å².